The molecule has 1 aliphatic rings. The fourth-order valence-electron chi connectivity index (χ4n) is 2.74. The Labute approximate surface area is 163 Å². The maximum Gasteiger partial charge on any atom is 0.325 e. The first-order valence-electron chi connectivity index (χ1n) is 9.11. The van der Waals surface area contributed by atoms with Crippen LogP contribution >= 0.6 is 0 Å². The first-order chi connectivity index (χ1) is 13.4. The first kappa shape index (κ1) is 21.2. The number of amides is 3. The van der Waals surface area contributed by atoms with Crippen molar-refractivity contribution in [3.8, 4) is 5.75 Å². The standard InChI is InChI=1S/C19H25N3O6/c1-3-27-16-7-5-4-6-15(16)19(26)20-12-18(25)28-13-17(24)22-10-8-21(9-11-22)14(2)23/h4-7H,3,8-13H2,1-2H3,(H,20,26). The minimum atomic E-state index is -0.710. The van der Waals surface area contributed by atoms with E-state index in [0.717, 1.165) is 0 Å². The lowest BCUT2D eigenvalue weighted by molar-refractivity contribution is -0.152. The molecule has 9 nitrogen and oxygen atoms in total. The van der Waals surface area contributed by atoms with Crippen molar-refractivity contribution in [3.63, 3.8) is 0 Å². The number of ether oxygens (including phenoxy) is 2. The molecular weight excluding hydrogens is 366 g/mol. The van der Waals surface area contributed by atoms with Gasteiger partial charge in [-0.15, -0.1) is 0 Å². The van der Waals surface area contributed by atoms with Crippen molar-refractivity contribution in [3.05, 3.63) is 29.8 Å². The van der Waals surface area contributed by atoms with Crippen LogP contribution in [0.25, 0.3) is 0 Å². The van der Waals surface area contributed by atoms with Crippen molar-refractivity contribution in [2.45, 2.75) is 13.8 Å². The van der Waals surface area contributed by atoms with Crippen molar-refractivity contribution in [1.82, 2.24) is 15.1 Å². The molecule has 152 valence electrons. The highest BCUT2D eigenvalue weighted by Gasteiger charge is 2.23. The molecule has 1 saturated heterocycles. The Balaban J connectivity index is 1.73. The topological polar surface area (TPSA) is 105 Å². The number of rotatable bonds is 7. The van der Waals surface area contributed by atoms with Crippen molar-refractivity contribution in [1.29, 1.82) is 0 Å². The number of piperazine rings is 1. The largest absolute Gasteiger partial charge is 0.493 e. The summed E-state index contributed by atoms with van der Waals surface area (Å²) in [6, 6.07) is 6.70. The van der Waals surface area contributed by atoms with Gasteiger partial charge in [0.2, 0.25) is 5.91 Å². The normalized spacial score (nSPS) is 13.6. The van der Waals surface area contributed by atoms with Crippen LogP contribution in [0.3, 0.4) is 0 Å². The fourth-order valence-corrected chi connectivity index (χ4v) is 2.74. The Bertz CT molecular complexity index is 728. The third-order valence-electron chi connectivity index (χ3n) is 4.26. The predicted octanol–water partition coefficient (Wildman–Crippen LogP) is 0.0490. The fraction of sp³-hybridized carbons (Fsp3) is 0.474. The van der Waals surface area contributed by atoms with Gasteiger partial charge in [0.25, 0.3) is 11.8 Å². The summed E-state index contributed by atoms with van der Waals surface area (Å²) in [7, 11) is 0. The van der Waals surface area contributed by atoms with Crippen molar-refractivity contribution < 1.29 is 28.7 Å². The van der Waals surface area contributed by atoms with Gasteiger partial charge in [0, 0.05) is 33.1 Å². The summed E-state index contributed by atoms with van der Waals surface area (Å²) >= 11 is 0. The highest BCUT2D eigenvalue weighted by Crippen LogP contribution is 2.17. The highest BCUT2D eigenvalue weighted by molar-refractivity contribution is 5.98. The Morgan fingerprint density at radius 2 is 1.68 bits per heavy atom. The summed E-state index contributed by atoms with van der Waals surface area (Å²) in [5, 5.41) is 2.46. The van der Waals surface area contributed by atoms with Crippen LogP contribution in [0.1, 0.15) is 24.2 Å². The maximum absolute atomic E-state index is 12.2. The Hall–Kier alpha value is -3.10. The van der Waals surface area contributed by atoms with Crippen LogP contribution in [-0.2, 0) is 19.1 Å². The molecule has 0 saturated carbocycles. The minimum absolute atomic E-state index is 0.0276. The average molecular weight is 391 g/mol. The molecule has 1 N–H and O–H groups in total. The Morgan fingerprint density at radius 1 is 1.04 bits per heavy atom. The summed E-state index contributed by atoms with van der Waals surface area (Å²) in [5.74, 6) is -1.11. The van der Waals surface area contributed by atoms with Gasteiger partial charge in [-0.1, -0.05) is 12.1 Å². The van der Waals surface area contributed by atoms with E-state index in [-0.39, 0.29) is 18.4 Å². The van der Waals surface area contributed by atoms with Gasteiger partial charge in [0.05, 0.1) is 12.2 Å². The molecule has 1 aromatic carbocycles. The van der Waals surface area contributed by atoms with Crippen molar-refractivity contribution >= 4 is 23.7 Å². The molecule has 1 fully saturated rings. The van der Waals surface area contributed by atoms with E-state index in [2.05, 4.69) is 5.32 Å². The van der Waals surface area contributed by atoms with Gasteiger partial charge in [-0.05, 0) is 19.1 Å². The number of benzene rings is 1. The zero-order chi connectivity index (χ0) is 20.5. The number of hydrogen-bond acceptors (Lipinski definition) is 6. The lowest BCUT2D eigenvalue weighted by Gasteiger charge is -2.34. The molecule has 0 unspecified atom stereocenters. The van der Waals surface area contributed by atoms with Gasteiger partial charge in [-0.3, -0.25) is 19.2 Å². The van der Waals surface area contributed by atoms with Crippen LogP contribution in [0.2, 0.25) is 0 Å². The molecule has 0 radical (unpaired) electrons. The van der Waals surface area contributed by atoms with Crippen LogP contribution in [0.5, 0.6) is 5.75 Å². The Morgan fingerprint density at radius 3 is 2.32 bits per heavy atom. The van der Waals surface area contributed by atoms with Crippen LogP contribution in [0.15, 0.2) is 24.3 Å². The molecule has 1 aromatic rings. The molecule has 0 aromatic heterocycles. The molecule has 28 heavy (non-hydrogen) atoms. The number of carbonyl (C=O) groups excluding carboxylic acids is 4. The van der Waals surface area contributed by atoms with E-state index in [1.165, 1.54) is 6.92 Å². The van der Waals surface area contributed by atoms with Gasteiger partial charge in [-0.25, -0.2) is 0 Å². The molecule has 1 aliphatic heterocycles. The highest BCUT2D eigenvalue weighted by atomic mass is 16.5. The molecule has 9 heteroatoms. The van der Waals surface area contributed by atoms with E-state index >= 15 is 0 Å². The van der Waals surface area contributed by atoms with Crippen LogP contribution < -0.4 is 10.1 Å². The zero-order valence-corrected chi connectivity index (χ0v) is 16.1. The summed E-state index contributed by atoms with van der Waals surface area (Å²) in [6.07, 6.45) is 0. The van der Waals surface area contributed by atoms with E-state index in [1.807, 2.05) is 6.92 Å². The Kier molecular flexibility index (Phi) is 7.79. The summed E-state index contributed by atoms with van der Waals surface area (Å²) < 4.78 is 10.3. The van der Waals surface area contributed by atoms with E-state index in [1.54, 1.807) is 34.1 Å². The summed E-state index contributed by atoms with van der Waals surface area (Å²) in [4.78, 5) is 50.6. The second-order valence-corrected chi connectivity index (χ2v) is 6.16. The predicted molar refractivity (Wildman–Crippen MR) is 99.7 cm³/mol. The third kappa shape index (κ3) is 5.97. The SMILES string of the molecule is CCOc1ccccc1C(=O)NCC(=O)OCC(=O)N1CCN(C(C)=O)CC1. The smallest absolute Gasteiger partial charge is 0.325 e. The van der Waals surface area contributed by atoms with Crippen LogP contribution in [0.4, 0.5) is 0 Å². The molecule has 1 heterocycles. The minimum Gasteiger partial charge on any atom is -0.493 e. The molecule has 0 bridgehead atoms. The summed E-state index contributed by atoms with van der Waals surface area (Å²) in [5.41, 5.74) is 0.316. The second-order valence-electron chi connectivity index (χ2n) is 6.16. The number of esters is 1. The van der Waals surface area contributed by atoms with E-state index in [0.29, 0.717) is 44.1 Å². The lowest BCUT2D eigenvalue weighted by Crippen LogP contribution is -2.51. The zero-order valence-electron chi connectivity index (χ0n) is 16.1. The first-order valence-corrected chi connectivity index (χ1v) is 9.11. The van der Waals surface area contributed by atoms with Gasteiger partial charge >= 0.3 is 5.97 Å². The number of nitrogens with zero attached hydrogens (tertiary/aromatic N) is 2. The molecule has 0 spiro atoms. The summed E-state index contributed by atoms with van der Waals surface area (Å²) in [6.45, 7) is 4.68. The van der Waals surface area contributed by atoms with Crippen molar-refractivity contribution in [2.75, 3.05) is 45.9 Å². The van der Waals surface area contributed by atoms with Gasteiger partial charge < -0.3 is 24.6 Å². The number of para-hydroxylation sites is 1. The van der Waals surface area contributed by atoms with Crippen molar-refractivity contribution in [2.24, 2.45) is 0 Å². The number of nitrogens with one attached hydrogen (secondary N) is 1. The van der Waals surface area contributed by atoms with E-state index in [4.69, 9.17) is 9.47 Å². The second kappa shape index (κ2) is 10.3. The molecule has 2 rings (SSSR count). The number of carbonyl (C=O) groups is 4. The average Bonchev–Trinajstić information content (AvgIpc) is 2.71. The van der Waals surface area contributed by atoms with Crippen LogP contribution in [0, 0.1) is 0 Å². The number of hydrogen-bond donors (Lipinski definition) is 1. The molecular formula is C19H25N3O6. The van der Waals surface area contributed by atoms with Gasteiger partial charge in [0.1, 0.15) is 12.3 Å². The molecule has 3 amide bonds. The van der Waals surface area contributed by atoms with Crippen LogP contribution in [-0.4, -0.2) is 79.4 Å². The van der Waals surface area contributed by atoms with E-state index in [9.17, 15) is 19.2 Å². The van der Waals surface area contributed by atoms with Gasteiger partial charge in [0.15, 0.2) is 6.61 Å². The quantitative estimate of drug-likeness (QED) is 0.659. The maximum atomic E-state index is 12.2. The van der Waals surface area contributed by atoms with E-state index < -0.39 is 18.5 Å². The molecule has 0 atom stereocenters. The van der Waals surface area contributed by atoms with Gasteiger partial charge in [-0.2, -0.15) is 0 Å². The molecule has 0 aliphatic carbocycles. The lowest BCUT2D eigenvalue weighted by atomic mass is 10.2. The monoisotopic (exact) mass is 391 g/mol. The third-order valence-corrected chi connectivity index (χ3v) is 4.26.